The fourth-order valence-corrected chi connectivity index (χ4v) is 6.90. The predicted molar refractivity (Wildman–Crippen MR) is 163 cm³/mol. The number of likely N-dealkylation sites (tertiary alicyclic amines) is 1. The van der Waals surface area contributed by atoms with E-state index in [1.165, 1.54) is 29.5 Å². The predicted octanol–water partition coefficient (Wildman–Crippen LogP) is 4.18. The van der Waals surface area contributed by atoms with Crippen LogP contribution in [-0.4, -0.2) is 71.5 Å². The van der Waals surface area contributed by atoms with Crippen LogP contribution in [0.15, 0.2) is 70.3 Å². The van der Waals surface area contributed by atoms with Gasteiger partial charge in [0.1, 0.15) is 11.9 Å². The minimum absolute atomic E-state index is 0.000703. The Morgan fingerprint density at radius 3 is 2.77 bits per heavy atom. The number of carbonyl (C=O) groups excluding carboxylic acids is 2. The van der Waals surface area contributed by atoms with Gasteiger partial charge in [-0.1, -0.05) is 18.2 Å². The van der Waals surface area contributed by atoms with Crippen molar-refractivity contribution in [2.75, 3.05) is 37.7 Å². The van der Waals surface area contributed by atoms with Crippen LogP contribution in [-0.2, 0) is 14.3 Å². The van der Waals surface area contributed by atoms with E-state index in [0.29, 0.717) is 71.5 Å². The van der Waals surface area contributed by atoms with Crippen molar-refractivity contribution in [1.82, 2.24) is 15.2 Å². The quantitative estimate of drug-likeness (QED) is 0.361. The van der Waals surface area contributed by atoms with Gasteiger partial charge < -0.3 is 20.1 Å². The van der Waals surface area contributed by atoms with Crippen molar-refractivity contribution in [3.05, 3.63) is 92.8 Å². The molecule has 6 rings (SSSR count). The van der Waals surface area contributed by atoms with Crippen molar-refractivity contribution in [3.8, 4) is 0 Å². The van der Waals surface area contributed by atoms with Gasteiger partial charge in [-0.3, -0.25) is 14.7 Å². The van der Waals surface area contributed by atoms with Gasteiger partial charge in [0.2, 0.25) is 5.91 Å². The second-order valence-electron chi connectivity index (χ2n) is 11.1. The lowest BCUT2D eigenvalue weighted by molar-refractivity contribution is -0.139. The van der Waals surface area contributed by atoms with Crippen LogP contribution in [0.2, 0.25) is 0 Å². The normalized spacial score (nSPS) is 22.0. The van der Waals surface area contributed by atoms with Gasteiger partial charge in [-0.2, -0.15) is 0 Å². The van der Waals surface area contributed by atoms with Crippen LogP contribution in [0.3, 0.4) is 0 Å². The van der Waals surface area contributed by atoms with Crippen LogP contribution in [0.1, 0.15) is 45.9 Å². The van der Waals surface area contributed by atoms with Gasteiger partial charge in [0.05, 0.1) is 17.7 Å². The third-order valence-electron chi connectivity index (χ3n) is 8.47. The molecule has 10 nitrogen and oxygen atoms in total. The molecule has 0 saturated carbocycles. The molecule has 2 saturated heterocycles. The molecule has 0 spiro atoms. The molecule has 0 aliphatic carbocycles. The van der Waals surface area contributed by atoms with E-state index in [4.69, 9.17) is 9.73 Å². The zero-order valence-electron chi connectivity index (χ0n) is 24.3. The van der Waals surface area contributed by atoms with Crippen LogP contribution >= 0.6 is 11.3 Å². The van der Waals surface area contributed by atoms with E-state index in [0.717, 1.165) is 0 Å². The highest BCUT2D eigenvalue weighted by atomic mass is 32.1. The summed E-state index contributed by atoms with van der Waals surface area (Å²) < 4.78 is 20.2. The largest absolute Gasteiger partial charge is 0.478 e. The third-order valence-corrected chi connectivity index (χ3v) is 9.25. The van der Waals surface area contributed by atoms with Crippen LogP contribution in [0.25, 0.3) is 0 Å². The van der Waals surface area contributed by atoms with E-state index in [-0.39, 0.29) is 35.7 Å². The molecule has 2 N–H and O–H groups in total. The fourth-order valence-electron chi connectivity index (χ4n) is 6.31. The molecule has 3 aromatic rings. The lowest BCUT2D eigenvalue weighted by Gasteiger charge is -2.36. The van der Waals surface area contributed by atoms with Crippen molar-refractivity contribution in [1.29, 1.82) is 0 Å². The Bertz CT molecular complexity index is 1670. The van der Waals surface area contributed by atoms with E-state index in [2.05, 4.69) is 15.2 Å². The second kappa shape index (κ2) is 12.3. The fraction of sp³-hybridized carbons (Fsp3) is 0.344. The van der Waals surface area contributed by atoms with Crippen molar-refractivity contribution in [2.45, 2.75) is 26.3 Å². The van der Waals surface area contributed by atoms with Crippen LogP contribution < -0.4 is 10.2 Å². The molecule has 1 amide bonds. The highest BCUT2D eigenvalue weighted by Gasteiger charge is 2.44. The first-order valence-electron chi connectivity index (χ1n) is 14.5. The number of carboxylic acid groups (broad SMARTS) is 1. The van der Waals surface area contributed by atoms with Gasteiger partial charge in [0.15, 0.2) is 10.8 Å². The number of carboxylic acids is 1. The number of aromatic carboxylic acids is 1. The third kappa shape index (κ3) is 5.62. The number of hydrogen-bond donors (Lipinski definition) is 2. The first-order chi connectivity index (χ1) is 21.2. The summed E-state index contributed by atoms with van der Waals surface area (Å²) in [5.41, 5.74) is 2.60. The number of anilines is 1. The molecular formula is C32H32FN5O5S. The molecule has 12 heteroatoms. The Hall–Kier alpha value is -4.42. The molecule has 3 atom stereocenters. The van der Waals surface area contributed by atoms with Crippen molar-refractivity contribution < 1.29 is 28.6 Å². The summed E-state index contributed by atoms with van der Waals surface area (Å²) in [5.74, 6) is -1.61. The second-order valence-corrected chi connectivity index (χ2v) is 12.0. The van der Waals surface area contributed by atoms with E-state index in [9.17, 15) is 23.9 Å². The molecule has 4 heterocycles. The van der Waals surface area contributed by atoms with E-state index >= 15 is 0 Å². The Morgan fingerprint density at radius 2 is 2.02 bits per heavy atom. The maximum Gasteiger partial charge on any atom is 0.338 e. The molecule has 1 aromatic heterocycles. The van der Waals surface area contributed by atoms with Gasteiger partial charge in [-0.25, -0.2) is 19.0 Å². The summed E-state index contributed by atoms with van der Waals surface area (Å²) in [5, 5.41) is 15.3. The standard InChI is InChI=1S/C32H32FN5O5S/c1-3-43-32(42)26-25(35-28(29-34-11-13-44-29)36-27(26)22-8-5-9-24(33)18(22)2)17-37-12-10-23-20(15-37)16-38(30(23)39)21-7-4-6-19(14-21)31(40)41/h4-9,11,13-14,20,23,27H,3,10,12,15-17H2,1-2H3,(H,35,36)(H,40,41)/t20-,23-,27?/m1/s1. The number of ether oxygens (including phenoxy) is 1. The molecule has 2 aromatic carbocycles. The van der Waals surface area contributed by atoms with Crippen molar-refractivity contribution in [3.63, 3.8) is 0 Å². The van der Waals surface area contributed by atoms with Crippen LogP contribution in [0.4, 0.5) is 10.1 Å². The first kappa shape index (κ1) is 29.6. The molecule has 44 heavy (non-hydrogen) atoms. The topological polar surface area (TPSA) is 124 Å². The number of piperidine rings is 1. The van der Waals surface area contributed by atoms with Crippen molar-refractivity contribution in [2.24, 2.45) is 16.8 Å². The number of aromatic nitrogens is 1. The highest BCUT2D eigenvalue weighted by Crippen LogP contribution is 2.38. The number of carbonyl (C=O) groups is 3. The number of benzene rings is 2. The molecule has 2 fully saturated rings. The van der Waals surface area contributed by atoms with Gasteiger partial charge in [-0.15, -0.1) is 11.3 Å². The summed E-state index contributed by atoms with van der Waals surface area (Å²) in [6, 6.07) is 10.4. The van der Waals surface area contributed by atoms with Crippen LogP contribution in [0, 0.1) is 24.6 Å². The lowest BCUT2D eigenvalue weighted by atomic mass is 9.87. The number of nitrogens with one attached hydrogen (secondary N) is 1. The molecule has 3 aliphatic rings. The zero-order chi connectivity index (χ0) is 31.0. The molecule has 0 radical (unpaired) electrons. The summed E-state index contributed by atoms with van der Waals surface area (Å²) in [6.45, 7) is 5.62. The molecular weight excluding hydrogens is 585 g/mol. The molecule has 228 valence electrons. The number of fused-ring (bicyclic) bond motifs is 1. The lowest BCUT2D eigenvalue weighted by Crippen LogP contribution is -2.45. The molecule has 1 unspecified atom stereocenters. The number of halogens is 1. The Balaban J connectivity index is 1.31. The van der Waals surface area contributed by atoms with Gasteiger partial charge in [0, 0.05) is 54.4 Å². The van der Waals surface area contributed by atoms with Crippen LogP contribution in [0.5, 0.6) is 0 Å². The van der Waals surface area contributed by atoms with E-state index in [1.807, 2.05) is 5.38 Å². The summed E-state index contributed by atoms with van der Waals surface area (Å²) in [4.78, 5) is 51.6. The maximum atomic E-state index is 14.7. The van der Waals surface area contributed by atoms with Crippen molar-refractivity contribution >= 4 is 40.7 Å². The number of rotatable bonds is 8. The SMILES string of the molecule is CCOC(=O)C1=C(CN2CC[C@H]3C(=O)N(c4cccc(C(=O)O)c4)C[C@H]3C2)NC(c2nccs2)=NC1c1cccc(F)c1C. The van der Waals surface area contributed by atoms with E-state index < -0.39 is 18.0 Å². The summed E-state index contributed by atoms with van der Waals surface area (Å²) in [7, 11) is 0. The van der Waals surface area contributed by atoms with Gasteiger partial charge >= 0.3 is 11.9 Å². The van der Waals surface area contributed by atoms with Gasteiger partial charge in [0.25, 0.3) is 0 Å². The summed E-state index contributed by atoms with van der Waals surface area (Å²) in [6.07, 6.45) is 2.30. The Labute approximate surface area is 257 Å². The Morgan fingerprint density at radius 1 is 1.20 bits per heavy atom. The number of amidine groups is 1. The monoisotopic (exact) mass is 617 g/mol. The maximum absolute atomic E-state index is 14.7. The average molecular weight is 618 g/mol. The van der Waals surface area contributed by atoms with Gasteiger partial charge in [-0.05, 0) is 62.2 Å². The highest BCUT2D eigenvalue weighted by molar-refractivity contribution is 7.11. The number of thiazole rings is 1. The van der Waals surface area contributed by atoms with E-state index in [1.54, 1.807) is 49.2 Å². The number of esters is 1. The number of hydrogen-bond acceptors (Lipinski definition) is 9. The average Bonchev–Trinajstić information content (AvgIpc) is 3.67. The summed E-state index contributed by atoms with van der Waals surface area (Å²) >= 11 is 1.41. The number of amides is 1. The zero-order valence-corrected chi connectivity index (χ0v) is 25.1. The number of nitrogens with zero attached hydrogens (tertiary/aromatic N) is 4. The number of aliphatic imine (C=N–C) groups is 1. The smallest absolute Gasteiger partial charge is 0.338 e. The Kier molecular flexibility index (Phi) is 8.28. The first-order valence-corrected chi connectivity index (χ1v) is 15.4. The minimum Gasteiger partial charge on any atom is -0.478 e. The minimum atomic E-state index is -1.04. The molecule has 0 bridgehead atoms. The molecule has 3 aliphatic heterocycles.